The van der Waals surface area contributed by atoms with Crippen molar-refractivity contribution in [3.05, 3.63) is 5.01 Å². The van der Waals surface area contributed by atoms with Gasteiger partial charge in [-0.05, 0) is 26.3 Å². The zero-order valence-corrected chi connectivity index (χ0v) is 12.4. The minimum atomic E-state index is 0.00868. The molecule has 0 bridgehead atoms. The van der Waals surface area contributed by atoms with Crippen molar-refractivity contribution in [1.82, 2.24) is 15.5 Å². The number of ether oxygens (including phenoxy) is 2. The van der Waals surface area contributed by atoms with Gasteiger partial charge in [-0.2, -0.15) is 0 Å². The third-order valence-electron chi connectivity index (χ3n) is 2.14. The van der Waals surface area contributed by atoms with Crippen LogP contribution in [0.15, 0.2) is 0 Å². The Balaban J connectivity index is 2.29. The van der Waals surface area contributed by atoms with E-state index < -0.39 is 0 Å². The molecule has 0 saturated heterocycles. The van der Waals surface area contributed by atoms with E-state index in [0.29, 0.717) is 24.3 Å². The normalized spacial score (nSPS) is 12.9. The fourth-order valence-electron chi connectivity index (χ4n) is 1.31. The average Bonchev–Trinajstić information content (AvgIpc) is 2.73. The molecule has 1 aromatic rings. The molecule has 0 saturated carbocycles. The highest BCUT2D eigenvalue weighted by Gasteiger charge is 2.09. The maximum Gasteiger partial charge on any atom is 0.294 e. The van der Waals surface area contributed by atoms with Crippen LogP contribution in [0.3, 0.4) is 0 Å². The van der Waals surface area contributed by atoms with Gasteiger partial charge in [0.05, 0.1) is 6.61 Å². The lowest BCUT2D eigenvalue weighted by molar-refractivity contribution is 0.0652. The van der Waals surface area contributed by atoms with Crippen LogP contribution in [0.5, 0.6) is 5.19 Å². The van der Waals surface area contributed by atoms with E-state index in [4.69, 9.17) is 9.47 Å². The first-order chi connectivity index (χ1) is 8.61. The van der Waals surface area contributed by atoms with Crippen LogP contribution in [0, 0.1) is 5.92 Å². The highest BCUT2D eigenvalue weighted by molar-refractivity contribution is 7.13. The molecule has 1 N–H and O–H groups in total. The predicted octanol–water partition coefficient (Wildman–Crippen LogP) is 2.09. The Kier molecular flexibility index (Phi) is 7.15. The van der Waals surface area contributed by atoms with E-state index >= 15 is 0 Å². The first-order valence-electron chi connectivity index (χ1n) is 6.39. The van der Waals surface area contributed by atoms with Crippen LogP contribution in [0.2, 0.25) is 0 Å². The molecular formula is C12H23N3O2S. The van der Waals surface area contributed by atoms with E-state index in [9.17, 15) is 0 Å². The van der Waals surface area contributed by atoms with Crippen LogP contribution >= 0.6 is 11.3 Å². The molecule has 0 aromatic carbocycles. The lowest BCUT2D eigenvalue weighted by Gasteiger charge is -2.10. The van der Waals surface area contributed by atoms with Crippen molar-refractivity contribution < 1.29 is 9.47 Å². The summed E-state index contributed by atoms with van der Waals surface area (Å²) in [4.78, 5) is 0. The number of hydrogen-bond donors (Lipinski definition) is 1. The summed E-state index contributed by atoms with van der Waals surface area (Å²) in [5.74, 6) is 0.639. The minimum absolute atomic E-state index is 0.00868. The molecule has 0 spiro atoms. The molecule has 1 heterocycles. The molecule has 0 aliphatic rings. The lowest BCUT2D eigenvalue weighted by atomic mass is 10.2. The molecule has 0 aliphatic carbocycles. The van der Waals surface area contributed by atoms with E-state index in [0.717, 1.165) is 18.1 Å². The zero-order chi connectivity index (χ0) is 13.4. The van der Waals surface area contributed by atoms with E-state index in [1.807, 2.05) is 13.8 Å². The molecule has 1 aromatic heterocycles. The number of nitrogens with one attached hydrogen (secondary N) is 1. The van der Waals surface area contributed by atoms with Crippen LogP contribution in [0.25, 0.3) is 0 Å². The molecule has 0 aliphatic heterocycles. The maximum atomic E-state index is 5.62. The standard InChI is InChI=1S/C12H23N3O2S/c1-5-16-8-10(4)17-12-15-14-11(18-12)7-13-6-9(2)3/h9-10,13H,5-8H2,1-4H3. The smallest absolute Gasteiger partial charge is 0.294 e. The van der Waals surface area contributed by atoms with Gasteiger partial charge in [-0.25, -0.2) is 0 Å². The Labute approximate surface area is 113 Å². The van der Waals surface area contributed by atoms with Crippen molar-refractivity contribution in [1.29, 1.82) is 0 Å². The lowest BCUT2D eigenvalue weighted by Crippen LogP contribution is -2.19. The van der Waals surface area contributed by atoms with Crippen molar-refractivity contribution >= 4 is 11.3 Å². The third kappa shape index (κ3) is 6.28. The molecule has 0 amide bonds. The van der Waals surface area contributed by atoms with Gasteiger partial charge in [0, 0.05) is 13.2 Å². The van der Waals surface area contributed by atoms with E-state index in [1.165, 1.54) is 11.3 Å². The SMILES string of the molecule is CCOCC(C)Oc1nnc(CNCC(C)C)s1. The van der Waals surface area contributed by atoms with E-state index in [1.54, 1.807) is 0 Å². The summed E-state index contributed by atoms with van der Waals surface area (Å²) in [5, 5.41) is 13.0. The molecule has 1 rings (SSSR count). The second kappa shape index (κ2) is 8.39. The van der Waals surface area contributed by atoms with Gasteiger partial charge in [0.2, 0.25) is 0 Å². The summed E-state index contributed by atoms with van der Waals surface area (Å²) < 4.78 is 10.9. The van der Waals surface area contributed by atoms with Crippen LogP contribution in [0.1, 0.15) is 32.7 Å². The Morgan fingerprint density at radius 2 is 2.06 bits per heavy atom. The van der Waals surface area contributed by atoms with Crippen molar-refractivity contribution in [2.45, 2.75) is 40.3 Å². The molecule has 104 valence electrons. The summed E-state index contributed by atoms with van der Waals surface area (Å²) >= 11 is 1.48. The summed E-state index contributed by atoms with van der Waals surface area (Å²) in [6, 6.07) is 0. The topological polar surface area (TPSA) is 56.3 Å². The molecule has 5 nitrogen and oxygen atoms in total. The second-order valence-electron chi connectivity index (χ2n) is 4.57. The van der Waals surface area contributed by atoms with Crippen LogP contribution < -0.4 is 10.1 Å². The molecule has 1 unspecified atom stereocenters. The Hall–Kier alpha value is -0.720. The first kappa shape index (κ1) is 15.3. The van der Waals surface area contributed by atoms with Crippen LogP contribution in [-0.2, 0) is 11.3 Å². The first-order valence-corrected chi connectivity index (χ1v) is 7.21. The van der Waals surface area contributed by atoms with Gasteiger partial charge in [0.25, 0.3) is 5.19 Å². The predicted molar refractivity (Wildman–Crippen MR) is 73.0 cm³/mol. The van der Waals surface area contributed by atoms with Gasteiger partial charge < -0.3 is 14.8 Å². The molecule has 1 atom stereocenters. The second-order valence-corrected chi connectivity index (χ2v) is 5.60. The molecule has 0 radical (unpaired) electrons. The number of rotatable bonds is 9. The van der Waals surface area contributed by atoms with E-state index in [-0.39, 0.29) is 6.10 Å². The largest absolute Gasteiger partial charge is 0.463 e. The van der Waals surface area contributed by atoms with Crippen molar-refractivity contribution in [3.63, 3.8) is 0 Å². The molecule has 0 fully saturated rings. The van der Waals surface area contributed by atoms with Gasteiger partial charge in [0.1, 0.15) is 11.1 Å². The van der Waals surface area contributed by atoms with Crippen molar-refractivity contribution in [2.24, 2.45) is 5.92 Å². The number of aromatic nitrogens is 2. The summed E-state index contributed by atoms with van der Waals surface area (Å²) in [5.41, 5.74) is 0. The zero-order valence-electron chi connectivity index (χ0n) is 11.6. The quantitative estimate of drug-likeness (QED) is 0.746. The van der Waals surface area contributed by atoms with Crippen LogP contribution in [-0.4, -0.2) is 36.1 Å². The summed E-state index contributed by atoms with van der Waals surface area (Å²) in [6.07, 6.45) is 0.00868. The molecule has 6 heteroatoms. The van der Waals surface area contributed by atoms with Gasteiger partial charge in [-0.15, -0.1) is 5.10 Å². The third-order valence-corrected chi connectivity index (χ3v) is 2.95. The van der Waals surface area contributed by atoms with E-state index in [2.05, 4.69) is 29.4 Å². The average molecular weight is 273 g/mol. The van der Waals surface area contributed by atoms with Gasteiger partial charge in [0.15, 0.2) is 0 Å². The fourth-order valence-corrected chi connectivity index (χ4v) is 2.07. The Morgan fingerprint density at radius 3 is 2.72 bits per heavy atom. The molecule has 18 heavy (non-hydrogen) atoms. The van der Waals surface area contributed by atoms with Crippen molar-refractivity contribution in [2.75, 3.05) is 19.8 Å². The molecular weight excluding hydrogens is 250 g/mol. The van der Waals surface area contributed by atoms with Crippen LogP contribution in [0.4, 0.5) is 0 Å². The summed E-state index contributed by atoms with van der Waals surface area (Å²) in [6.45, 7) is 11.3. The van der Waals surface area contributed by atoms with Gasteiger partial charge in [-0.3, -0.25) is 0 Å². The minimum Gasteiger partial charge on any atom is -0.463 e. The van der Waals surface area contributed by atoms with Crippen molar-refractivity contribution in [3.8, 4) is 5.19 Å². The Morgan fingerprint density at radius 1 is 1.28 bits per heavy atom. The summed E-state index contributed by atoms with van der Waals surface area (Å²) in [7, 11) is 0. The Bertz CT molecular complexity index is 331. The van der Waals surface area contributed by atoms with Gasteiger partial charge in [-0.1, -0.05) is 30.3 Å². The number of hydrogen-bond acceptors (Lipinski definition) is 6. The fraction of sp³-hybridized carbons (Fsp3) is 0.833. The number of nitrogens with zero attached hydrogens (tertiary/aromatic N) is 2. The maximum absolute atomic E-state index is 5.62. The van der Waals surface area contributed by atoms with Gasteiger partial charge >= 0.3 is 0 Å². The monoisotopic (exact) mass is 273 g/mol. The highest BCUT2D eigenvalue weighted by atomic mass is 32.1. The highest BCUT2D eigenvalue weighted by Crippen LogP contribution is 2.19.